The number of benzene rings is 1. The summed E-state index contributed by atoms with van der Waals surface area (Å²) in [6.07, 6.45) is 2.05. The molecule has 1 saturated heterocycles. The highest BCUT2D eigenvalue weighted by Crippen LogP contribution is 2.17. The van der Waals surface area contributed by atoms with E-state index in [9.17, 15) is 19.3 Å². The van der Waals surface area contributed by atoms with Gasteiger partial charge in [0.1, 0.15) is 5.82 Å². The van der Waals surface area contributed by atoms with Crippen molar-refractivity contribution in [3.63, 3.8) is 0 Å². The molecular formula is C13H16FN3O3. The van der Waals surface area contributed by atoms with E-state index >= 15 is 0 Å². The van der Waals surface area contributed by atoms with Gasteiger partial charge in [0, 0.05) is 24.7 Å². The smallest absolute Gasteiger partial charge is 0.270 e. The molecule has 1 amide bonds. The molecule has 1 aromatic carbocycles. The van der Waals surface area contributed by atoms with Crippen molar-refractivity contribution in [3.05, 3.63) is 39.7 Å². The van der Waals surface area contributed by atoms with Crippen molar-refractivity contribution in [3.8, 4) is 0 Å². The lowest BCUT2D eigenvalue weighted by atomic mass is 10.1. The van der Waals surface area contributed by atoms with Gasteiger partial charge >= 0.3 is 0 Å². The van der Waals surface area contributed by atoms with Gasteiger partial charge in [-0.3, -0.25) is 14.9 Å². The molecule has 20 heavy (non-hydrogen) atoms. The van der Waals surface area contributed by atoms with Crippen LogP contribution in [0.4, 0.5) is 10.1 Å². The third kappa shape index (κ3) is 3.11. The maximum absolute atomic E-state index is 13.6. The first-order valence-electron chi connectivity index (χ1n) is 6.41. The predicted molar refractivity (Wildman–Crippen MR) is 71.0 cm³/mol. The summed E-state index contributed by atoms with van der Waals surface area (Å²) in [6.45, 7) is 1.39. The van der Waals surface area contributed by atoms with Crippen LogP contribution in [0, 0.1) is 15.9 Å². The van der Waals surface area contributed by atoms with Crippen LogP contribution in [0.1, 0.15) is 23.2 Å². The number of non-ortho nitro benzene ring substituents is 1. The lowest BCUT2D eigenvalue weighted by Gasteiger charge is -2.19. The molecule has 1 aliphatic heterocycles. The van der Waals surface area contributed by atoms with Gasteiger partial charge in [-0.15, -0.1) is 0 Å². The number of hydrogen-bond acceptors (Lipinski definition) is 4. The number of carbonyl (C=O) groups excluding carboxylic acids is 1. The van der Waals surface area contributed by atoms with Crippen LogP contribution < -0.4 is 5.32 Å². The van der Waals surface area contributed by atoms with Crippen molar-refractivity contribution in [1.82, 2.24) is 10.2 Å². The second-order valence-electron chi connectivity index (χ2n) is 4.91. The number of amides is 1. The van der Waals surface area contributed by atoms with E-state index < -0.39 is 16.6 Å². The molecule has 0 spiro atoms. The quantitative estimate of drug-likeness (QED) is 0.671. The molecule has 0 aliphatic carbocycles. The first kappa shape index (κ1) is 14.4. The van der Waals surface area contributed by atoms with Gasteiger partial charge < -0.3 is 10.2 Å². The first-order valence-corrected chi connectivity index (χ1v) is 6.41. The van der Waals surface area contributed by atoms with E-state index in [0.717, 1.165) is 37.6 Å². The summed E-state index contributed by atoms with van der Waals surface area (Å²) in [5.41, 5.74) is -0.589. The normalized spacial score (nSPS) is 19.0. The van der Waals surface area contributed by atoms with Crippen molar-refractivity contribution >= 4 is 11.6 Å². The Labute approximate surface area is 115 Å². The summed E-state index contributed by atoms with van der Waals surface area (Å²) in [7, 11) is 1.97. The average molecular weight is 281 g/mol. The topological polar surface area (TPSA) is 75.5 Å². The minimum Gasteiger partial charge on any atom is -0.350 e. The molecular weight excluding hydrogens is 265 g/mol. The Morgan fingerprint density at radius 1 is 1.60 bits per heavy atom. The summed E-state index contributed by atoms with van der Waals surface area (Å²) >= 11 is 0. The standard InChI is InChI=1S/C13H16FN3O3/c1-16-6-2-3-10(16)8-15-13(18)11-7-9(17(19)20)4-5-12(11)14/h4-5,7,10H,2-3,6,8H2,1H3,(H,15,18). The Hall–Kier alpha value is -2.02. The highest BCUT2D eigenvalue weighted by molar-refractivity contribution is 5.95. The molecule has 1 aliphatic rings. The number of likely N-dealkylation sites (tertiary alicyclic amines) is 1. The second-order valence-corrected chi connectivity index (χ2v) is 4.91. The number of hydrogen-bond donors (Lipinski definition) is 1. The molecule has 1 N–H and O–H groups in total. The van der Waals surface area contributed by atoms with Gasteiger partial charge in [0.25, 0.3) is 11.6 Å². The Morgan fingerprint density at radius 2 is 2.35 bits per heavy atom. The summed E-state index contributed by atoms with van der Waals surface area (Å²) < 4.78 is 13.6. The zero-order valence-corrected chi connectivity index (χ0v) is 11.1. The zero-order chi connectivity index (χ0) is 14.7. The van der Waals surface area contributed by atoms with Crippen LogP contribution in [-0.2, 0) is 0 Å². The SMILES string of the molecule is CN1CCCC1CNC(=O)c1cc([N+](=O)[O-])ccc1F. The van der Waals surface area contributed by atoms with E-state index in [1.165, 1.54) is 0 Å². The van der Waals surface area contributed by atoms with Gasteiger partial charge in [-0.1, -0.05) is 0 Å². The molecule has 0 bridgehead atoms. The fourth-order valence-corrected chi connectivity index (χ4v) is 2.34. The highest BCUT2D eigenvalue weighted by atomic mass is 19.1. The van der Waals surface area contributed by atoms with Crippen molar-refractivity contribution in [2.24, 2.45) is 0 Å². The summed E-state index contributed by atoms with van der Waals surface area (Å²) in [4.78, 5) is 24.0. The van der Waals surface area contributed by atoms with Crippen LogP contribution in [0.2, 0.25) is 0 Å². The van der Waals surface area contributed by atoms with E-state index in [4.69, 9.17) is 0 Å². The molecule has 1 heterocycles. The second kappa shape index (κ2) is 5.96. The third-order valence-corrected chi connectivity index (χ3v) is 3.58. The first-order chi connectivity index (χ1) is 9.49. The molecule has 6 nitrogen and oxygen atoms in total. The fourth-order valence-electron chi connectivity index (χ4n) is 2.34. The molecule has 2 rings (SSSR count). The maximum Gasteiger partial charge on any atom is 0.270 e. The lowest BCUT2D eigenvalue weighted by Crippen LogP contribution is -2.38. The Balaban J connectivity index is 2.05. The molecule has 0 saturated carbocycles. The fraction of sp³-hybridized carbons (Fsp3) is 0.462. The van der Waals surface area contributed by atoms with E-state index in [-0.39, 0.29) is 17.3 Å². The molecule has 0 aromatic heterocycles. The van der Waals surface area contributed by atoms with Gasteiger partial charge in [0.2, 0.25) is 0 Å². The average Bonchev–Trinajstić information content (AvgIpc) is 2.81. The maximum atomic E-state index is 13.6. The number of rotatable bonds is 4. The molecule has 1 fully saturated rings. The van der Waals surface area contributed by atoms with E-state index in [0.29, 0.717) is 6.54 Å². The summed E-state index contributed by atoms with van der Waals surface area (Å²) in [5.74, 6) is -1.38. The number of halogens is 1. The Kier molecular flexibility index (Phi) is 4.29. The number of likely N-dealkylation sites (N-methyl/N-ethyl adjacent to an activating group) is 1. The predicted octanol–water partition coefficient (Wildman–Crippen LogP) is 1.56. The van der Waals surface area contributed by atoms with Crippen LogP contribution >= 0.6 is 0 Å². The molecule has 0 radical (unpaired) electrons. The van der Waals surface area contributed by atoms with Crippen LogP contribution in [-0.4, -0.2) is 41.9 Å². The number of nitrogens with zero attached hydrogens (tertiary/aromatic N) is 2. The minimum atomic E-state index is -0.757. The largest absolute Gasteiger partial charge is 0.350 e. The van der Waals surface area contributed by atoms with Gasteiger partial charge in [-0.05, 0) is 32.5 Å². The van der Waals surface area contributed by atoms with Crippen molar-refractivity contribution in [1.29, 1.82) is 0 Å². The van der Waals surface area contributed by atoms with Crippen molar-refractivity contribution in [2.45, 2.75) is 18.9 Å². The summed E-state index contributed by atoms with van der Waals surface area (Å²) in [5, 5.41) is 13.3. The molecule has 108 valence electrons. The van der Waals surface area contributed by atoms with E-state index in [1.807, 2.05) is 7.05 Å². The minimum absolute atomic E-state index is 0.237. The highest BCUT2D eigenvalue weighted by Gasteiger charge is 2.22. The van der Waals surface area contributed by atoms with Gasteiger partial charge in [0.05, 0.1) is 10.5 Å². The van der Waals surface area contributed by atoms with Crippen molar-refractivity contribution < 1.29 is 14.1 Å². The number of nitro benzene ring substituents is 1. The summed E-state index contributed by atoms with van der Waals surface area (Å²) in [6, 6.07) is 3.18. The molecule has 1 aromatic rings. The Morgan fingerprint density at radius 3 is 2.95 bits per heavy atom. The third-order valence-electron chi connectivity index (χ3n) is 3.58. The van der Waals surface area contributed by atoms with Gasteiger partial charge in [-0.2, -0.15) is 0 Å². The number of nitro groups is 1. The van der Waals surface area contributed by atoms with Gasteiger partial charge in [0.15, 0.2) is 0 Å². The number of carbonyl (C=O) groups is 1. The zero-order valence-electron chi connectivity index (χ0n) is 11.1. The van der Waals surface area contributed by atoms with E-state index in [1.54, 1.807) is 0 Å². The lowest BCUT2D eigenvalue weighted by molar-refractivity contribution is -0.384. The van der Waals surface area contributed by atoms with E-state index in [2.05, 4.69) is 10.2 Å². The van der Waals surface area contributed by atoms with Crippen LogP contribution in [0.15, 0.2) is 18.2 Å². The monoisotopic (exact) mass is 281 g/mol. The van der Waals surface area contributed by atoms with Crippen LogP contribution in [0.5, 0.6) is 0 Å². The van der Waals surface area contributed by atoms with Crippen LogP contribution in [0.3, 0.4) is 0 Å². The Bertz CT molecular complexity index is 536. The molecule has 7 heteroatoms. The van der Waals surface area contributed by atoms with Crippen LogP contribution in [0.25, 0.3) is 0 Å². The van der Waals surface area contributed by atoms with Gasteiger partial charge in [-0.25, -0.2) is 4.39 Å². The molecule has 1 atom stereocenters. The van der Waals surface area contributed by atoms with Crippen molar-refractivity contribution in [2.75, 3.05) is 20.1 Å². The molecule has 1 unspecified atom stereocenters. The number of nitrogens with one attached hydrogen (secondary N) is 1.